The van der Waals surface area contributed by atoms with Crippen molar-refractivity contribution in [3.63, 3.8) is 0 Å². The Morgan fingerprint density at radius 1 is 1.23 bits per heavy atom. The molecule has 3 aliphatic rings. The molecule has 6 heteroatoms. The van der Waals surface area contributed by atoms with Gasteiger partial charge in [-0.05, 0) is 31.4 Å². The van der Waals surface area contributed by atoms with E-state index in [1.54, 1.807) is 13.0 Å². The van der Waals surface area contributed by atoms with Crippen LogP contribution in [0.4, 0.5) is 0 Å². The van der Waals surface area contributed by atoms with Crippen molar-refractivity contribution in [2.45, 2.75) is 37.9 Å². The van der Waals surface area contributed by atoms with Crippen LogP contribution in [0.25, 0.3) is 0 Å². The summed E-state index contributed by atoms with van der Waals surface area (Å²) in [5, 5.41) is 0. The number of fused-ring (bicyclic) bond motifs is 1. The van der Waals surface area contributed by atoms with E-state index in [-0.39, 0.29) is 5.91 Å². The van der Waals surface area contributed by atoms with Gasteiger partial charge in [0.2, 0.25) is 0 Å². The fourth-order valence-electron chi connectivity index (χ4n) is 4.20. The summed E-state index contributed by atoms with van der Waals surface area (Å²) in [6.07, 6.45) is 3.05. The van der Waals surface area contributed by atoms with E-state index in [2.05, 4.69) is 4.90 Å². The van der Waals surface area contributed by atoms with Crippen LogP contribution in [0.3, 0.4) is 0 Å². The van der Waals surface area contributed by atoms with Crippen molar-refractivity contribution in [2.24, 2.45) is 0 Å². The standard InChI is InChI=1S/C20H26N2O4/c1-20(13-15-5-2-3-7-17(15)18(23)26-20)19(24)22-10-8-21(9-11-22)14-16-6-4-12-25-16/h2-3,5,7,16H,4,6,8-14H2,1H3. The lowest BCUT2D eigenvalue weighted by Crippen LogP contribution is -2.58. The number of amides is 1. The molecule has 4 rings (SSSR count). The van der Waals surface area contributed by atoms with Crippen LogP contribution in [0.2, 0.25) is 0 Å². The van der Waals surface area contributed by atoms with E-state index in [9.17, 15) is 9.59 Å². The van der Waals surface area contributed by atoms with Crippen LogP contribution in [0.5, 0.6) is 0 Å². The molecule has 0 saturated carbocycles. The molecule has 6 nitrogen and oxygen atoms in total. The van der Waals surface area contributed by atoms with Crippen molar-refractivity contribution in [1.82, 2.24) is 9.80 Å². The number of nitrogens with zero attached hydrogens (tertiary/aromatic N) is 2. The van der Waals surface area contributed by atoms with Gasteiger partial charge >= 0.3 is 5.97 Å². The molecule has 0 spiro atoms. The molecule has 0 radical (unpaired) electrons. The Balaban J connectivity index is 1.38. The third-order valence-electron chi connectivity index (χ3n) is 5.68. The number of rotatable bonds is 3. The summed E-state index contributed by atoms with van der Waals surface area (Å²) in [6, 6.07) is 7.37. The number of esters is 1. The van der Waals surface area contributed by atoms with E-state index in [1.807, 2.05) is 23.1 Å². The van der Waals surface area contributed by atoms with Crippen LogP contribution in [-0.2, 0) is 20.7 Å². The second-order valence-corrected chi connectivity index (χ2v) is 7.68. The van der Waals surface area contributed by atoms with Crippen LogP contribution in [0.15, 0.2) is 24.3 Å². The van der Waals surface area contributed by atoms with E-state index in [0.717, 1.165) is 44.6 Å². The van der Waals surface area contributed by atoms with Gasteiger partial charge in [-0.15, -0.1) is 0 Å². The lowest BCUT2D eigenvalue weighted by molar-refractivity contribution is -0.153. The van der Waals surface area contributed by atoms with Crippen molar-refractivity contribution in [3.8, 4) is 0 Å². The molecule has 0 aliphatic carbocycles. The van der Waals surface area contributed by atoms with Crippen LogP contribution >= 0.6 is 0 Å². The van der Waals surface area contributed by atoms with E-state index in [1.165, 1.54) is 0 Å². The van der Waals surface area contributed by atoms with E-state index >= 15 is 0 Å². The highest BCUT2D eigenvalue weighted by atomic mass is 16.6. The zero-order valence-electron chi connectivity index (χ0n) is 15.3. The van der Waals surface area contributed by atoms with Gasteiger partial charge in [-0.3, -0.25) is 9.69 Å². The van der Waals surface area contributed by atoms with Crippen LogP contribution in [0, 0.1) is 0 Å². The third-order valence-corrected chi connectivity index (χ3v) is 5.68. The van der Waals surface area contributed by atoms with Gasteiger partial charge in [0, 0.05) is 45.8 Å². The first-order valence-corrected chi connectivity index (χ1v) is 9.50. The quantitative estimate of drug-likeness (QED) is 0.766. The maximum absolute atomic E-state index is 13.1. The minimum atomic E-state index is -1.11. The number of cyclic esters (lactones) is 1. The predicted octanol–water partition coefficient (Wildman–Crippen LogP) is 1.48. The Kier molecular flexibility index (Phi) is 4.71. The van der Waals surface area contributed by atoms with Crippen molar-refractivity contribution in [2.75, 3.05) is 39.3 Å². The predicted molar refractivity (Wildman–Crippen MR) is 96.0 cm³/mol. The lowest BCUT2D eigenvalue weighted by atomic mass is 9.88. The maximum Gasteiger partial charge on any atom is 0.339 e. The Labute approximate surface area is 154 Å². The first-order chi connectivity index (χ1) is 12.5. The van der Waals surface area contributed by atoms with Gasteiger partial charge in [-0.1, -0.05) is 18.2 Å². The fraction of sp³-hybridized carbons (Fsp3) is 0.600. The summed E-state index contributed by atoms with van der Waals surface area (Å²) in [5.41, 5.74) is 0.345. The summed E-state index contributed by atoms with van der Waals surface area (Å²) < 4.78 is 11.3. The molecule has 1 aromatic rings. The highest BCUT2D eigenvalue weighted by molar-refractivity contribution is 5.97. The maximum atomic E-state index is 13.1. The molecule has 1 amide bonds. The summed E-state index contributed by atoms with van der Waals surface area (Å²) >= 11 is 0. The monoisotopic (exact) mass is 358 g/mol. The average molecular weight is 358 g/mol. The van der Waals surface area contributed by atoms with Crippen LogP contribution in [-0.4, -0.2) is 72.7 Å². The summed E-state index contributed by atoms with van der Waals surface area (Å²) in [4.78, 5) is 29.6. The molecule has 3 heterocycles. The zero-order valence-corrected chi connectivity index (χ0v) is 15.3. The van der Waals surface area contributed by atoms with Crippen molar-refractivity contribution in [1.29, 1.82) is 0 Å². The normalized spacial score (nSPS) is 29.3. The van der Waals surface area contributed by atoms with E-state index in [0.29, 0.717) is 31.2 Å². The number of ether oxygens (including phenoxy) is 2. The van der Waals surface area contributed by atoms with Crippen molar-refractivity contribution in [3.05, 3.63) is 35.4 Å². The fourth-order valence-corrected chi connectivity index (χ4v) is 4.20. The second kappa shape index (κ2) is 7.00. The molecule has 1 aromatic carbocycles. The number of carbonyl (C=O) groups excluding carboxylic acids is 2. The van der Waals surface area contributed by atoms with Gasteiger partial charge in [0.25, 0.3) is 5.91 Å². The van der Waals surface area contributed by atoms with Gasteiger partial charge in [0.05, 0.1) is 11.7 Å². The molecule has 2 fully saturated rings. The highest BCUT2D eigenvalue weighted by Gasteiger charge is 2.45. The number of hydrogen-bond acceptors (Lipinski definition) is 5. The molecular weight excluding hydrogens is 332 g/mol. The number of carbonyl (C=O) groups is 2. The van der Waals surface area contributed by atoms with Gasteiger partial charge in [0.1, 0.15) is 0 Å². The Hall–Kier alpha value is -1.92. The van der Waals surface area contributed by atoms with Crippen molar-refractivity contribution < 1.29 is 19.1 Å². The van der Waals surface area contributed by atoms with Gasteiger partial charge in [0.15, 0.2) is 5.60 Å². The van der Waals surface area contributed by atoms with Gasteiger partial charge in [-0.2, -0.15) is 0 Å². The molecule has 26 heavy (non-hydrogen) atoms. The number of benzene rings is 1. The zero-order chi connectivity index (χ0) is 18.1. The smallest absolute Gasteiger partial charge is 0.339 e. The van der Waals surface area contributed by atoms with E-state index in [4.69, 9.17) is 9.47 Å². The first-order valence-electron chi connectivity index (χ1n) is 9.50. The highest BCUT2D eigenvalue weighted by Crippen LogP contribution is 2.30. The van der Waals surface area contributed by atoms with Gasteiger partial charge < -0.3 is 14.4 Å². The lowest BCUT2D eigenvalue weighted by Gasteiger charge is -2.41. The summed E-state index contributed by atoms with van der Waals surface area (Å²) in [7, 11) is 0. The molecule has 140 valence electrons. The van der Waals surface area contributed by atoms with Gasteiger partial charge in [-0.25, -0.2) is 4.79 Å². The molecule has 0 N–H and O–H groups in total. The molecule has 2 saturated heterocycles. The number of hydrogen-bond donors (Lipinski definition) is 0. The molecule has 2 unspecified atom stereocenters. The van der Waals surface area contributed by atoms with Crippen LogP contribution in [0.1, 0.15) is 35.7 Å². The third kappa shape index (κ3) is 3.35. The topological polar surface area (TPSA) is 59.1 Å². The SMILES string of the molecule is CC1(C(=O)N2CCN(CC3CCCO3)CC2)Cc2ccccc2C(=O)O1. The summed E-state index contributed by atoms with van der Waals surface area (Å²) in [5.74, 6) is -0.489. The molecule has 0 aromatic heterocycles. The van der Waals surface area contributed by atoms with Crippen molar-refractivity contribution >= 4 is 11.9 Å². The second-order valence-electron chi connectivity index (χ2n) is 7.68. The molecule has 3 aliphatic heterocycles. The molecule has 0 bridgehead atoms. The minimum absolute atomic E-state index is 0.0860. The Morgan fingerprint density at radius 2 is 2.00 bits per heavy atom. The summed E-state index contributed by atoms with van der Waals surface area (Å²) in [6.45, 7) is 6.57. The minimum Gasteiger partial charge on any atom is -0.445 e. The Morgan fingerprint density at radius 3 is 2.73 bits per heavy atom. The van der Waals surface area contributed by atoms with Crippen LogP contribution < -0.4 is 0 Å². The van der Waals surface area contributed by atoms with E-state index < -0.39 is 11.6 Å². The largest absolute Gasteiger partial charge is 0.445 e. The molecule has 2 atom stereocenters. The molecular formula is C20H26N2O4. The average Bonchev–Trinajstić information content (AvgIpc) is 3.15. The number of piperazine rings is 1. The Bertz CT molecular complexity index is 693. The first kappa shape index (κ1) is 17.5.